The van der Waals surface area contributed by atoms with Crippen molar-refractivity contribution in [2.45, 2.75) is 13.3 Å². The molecule has 1 unspecified atom stereocenters. The van der Waals surface area contributed by atoms with Crippen molar-refractivity contribution in [3.8, 4) is 23.0 Å². The standard InChI is InChI=1S/C13H12N2O5/c1-7(13(16)17)4-11-14-15-12(20-11)8-2-3-9-10(5-8)19-6-18-9/h2-3,5,7H,4,6H2,1H3,(H,16,17). The van der Waals surface area contributed by atoms with E-state index >= 15 is 0 Å². The Morgan fingerprint density at radius 2 is 2.15 bits per heavy atom. The van der Waals surface area contributed by atoms with Gasteiger partial charge in [-0.25, -0.2) is 0 Å². The molecule has 1 atom stereocenters. The molecule has 20 heavy (non-hydrogen) atoms. The maximum Gasteiger partial charge on any atom is 0.306 e. The lowest BCUT2D eigenvalue weighted by atomic mass is 10.1. The summed E-state index contributed by atoms with van der Waals surface area (Å²) in [5.74, 6) is 0.463. The Hall–Kier alpha value is -2.57. The number of carbonyl (C=O) groups is 1. The maximum absolute atomic E-state index is 10.8. The van der Waals surface area contributed by atoms with Crippen molar-refractivity contribution in [2.24, 2.45) is 5.92 Å². The predicted octanol–water partition coefficient (Wildman–Crippen LogP) is 1.73. The molecule has 1 N–H and O–H groups in total. The molecule has 0 saturated heterocycles. The number of aromatic nitrogens is 2. The molecule has 0 spiro atoms. The minimum Gasteiger partial charge on any atom is -0.481 e. The highest BCUT2D eigenvalue weighted by Gasteiger charge is 2.19. The zero-order valence-corrected chi connectivity index (χ0v) is 10.7. The maximum atomic E-state index is 10.8. The van der Waals surface area contributed by atoms with Crippen LogP contribution in [0.15, 0.2) is 22.6 Å². The van der Waals surface area contributed by atoms with Crippen LogP contribution in [0.25, 0.3) is 11.5 Å². The van der Waals surface area contributed by atoms with Crippen molar-refractivity contribution in [2.75, 3.05) is 6.79 Å². The minimum atomic E-state index is -0.896. The Labute approximate surface area is 114 Å². The number of benzene rings is 1. The van der Waals surface area contributed by atoms with Gasteiger partial charge in [-0.1, -0.05) is 6.92 Å². The Morgan fingerprint density at radius 1 is 1.35 bits per heavy atom. The molecule has 0 amide bonds. The number of carboxylic acid groups (broad SMARTS) is 1. The number of rotatable bonds is 4. The molecule has 0 saturated carbocycles. The zero-order valence-electron chi connectivity index (χ0n) is 10.7. The van der Waals surface area contributed by atoms with Crippen LogP contribution in [0, 0.1) is 5.92 Å². The normalized spacial score (nSPS) is 14.2. The first-order valence-corrected chi connectivity index (χ1v) is 6.08. The number of aliphatic carboxylic acids is 1. The molecule has 2 aromatic rings. The van der Waals surface area contributed by atoms with Crippen LogP contribution in [-0.4, -0.2) is 28.1 Å². The van der Waals surface area contributed by atoms with Gasteiger partial charge in [0.1, 0.15) is 0 Å². The van der Waals surface area contributed by atoms with E-state index in [-0.39, 0.29) is 13.2 Å². The van der Waals surface area contributed by atoms with Gasteiger partial charge in [-0.05, 0) is 18.2 Å². The topological polar surface area (TPSA) is 94.7 Å². The highest BCUT2D eigenvalue weighted by atomic mass is 16.7. The van der Waals surface area contributed by atoms with Crippen molar-refractivity contribution >= 4 is 5.97 Å². The first-order valence-electron chi connectivity index (χ1n) is 6.08. The van der Waals surface area contributed by atoms with Crippen molar-refractivity contribution in [3.63, 3.8) is 0 Å². The molecule has 1 aliphatic heterocycles. The molecule has 0 aliphatic carbocycles. The molecule has 1 aromatic carbocycles. The average molecular weight is 276 g/mol. The summed E-state index contributed by atoms with van der Waals surface area (Å²) < 4.78 is 16.0. The highest BCUT2D eigenvalue weighted by molar-refractivity contribution is 5.69. The lowest BCUT2D eigenvalue weighted by Crippen LogP contribution is -2.12. The van der Waals surface area contributed by atoms with Gasteiger partial charge in [0.05, 0.1) is 5.92 Å². The molecular weight excluding hydrogens is 264 g/mol. The second kappa shape index (κ2) is 4.84. The Bertz CT molecular complexity index is 652. The third kappa shape index (κ3) is 2.29. The molecule has 1 aromatic heterocycles. The van der Waals surface area contributed by atoms with E-state index in [4.69, 9.17) is 19.0 Å². The molecule has 3 rings (SSSR count). The van der Waals surface area contributed by atoms with Crippen molar-refractivity contribution in [1.82, 2.24) is 10.2 Å². The number of ether oxygens (including phenoxy) is 2. The number of nitrogens with zero attached hydrogens (tertiary/aromatic N) is 2. The summed E-state index contributed by atoms with van der Waals surface area (Å²) in [6, 6.07) is 5.30. The van der Waals surface area contributed by atoms with Crippen molar-refractivity contribution in [1.29, 1.82) is 0 Å². The monoisotopic (exact) mass is 276 g/mol. The SMILES string of the molecule is CC(Cc1nnc(-c2ccc3c(c2)OCO3)o1)C(=O)O. The van der Waals surface area contributed by atoms with Crippen LogP contribution >= 0.6 is 0 Å². The van der Waals surface area contributed by atoms with Gasteiger partial charge >= 0.3 is 5.97 Å². The Kier molecular flexibility index (Phi) is 3.02. The van der Waals surface area contributed by atoms with Crippen LogP contribution in [-0.2, 0) is 11.2 Å². The van der Waals surface area contributed by atoms with Crippen LogP contribution in [0.2, 0.25) is 0 Å². The number of fused-ring (bicyclic) bond motifs is 1. The summed E-state index contributed by atoms with van der Waals surface area (Å²) in [5.41, 5.74) is 0.705. The second-order valence-corrected chi connectivity index (χ2v) is 4.51. The third-order valence-electron chi connectivity index (χ3n) is 2.99. The van der Waals surface area contributed by atoms with Gasteiger partial charge in [-0.15, -0.1) is 10.2 Å². The van der Waals surface area contributed by atoms with Gasteiger partial charge in [0.15, 0.2) is 11.5 Å². The van der Waals surface area contributed by atoms with Gasteiger partial charge in [-0.3, -0.25) is 4.79 Å². The van der Waals surface area contributed by atoms with E-state index in [0.29, 0.717) is 28.8 Å². The van der Waals surface area contributed by atoms with Crippen LogP contribution in [0.3, 0.4) is 0 Å². The fraction of sp³-hybridized carbons (Fsp3) is 0.308. The van der Waals surface area contributed by atoms with Crippen molar-refractivity contribution in [3.05, 3.63) is 24.1 Å². The van der Waals surface area contributed by atoms with Gasteiger partial charge in [-0.2, -0.15) is 0 Å². The van der Waals surface area contributed by atoms with E-state index in [9.17, 15) is 4.79 Å². The average Bonchev–Trinajstić information content (AvgIpc) is 3.05. The van der Waals surface area contributed by atoms with Crippen LogP contribution in [0.5, 0.6) is 11.5 Å². The largest absolute Gasteiger partial charge is 0.481 e. The molecule has 104 valence electrons. The fourth-order valence-electron chi connectivity index (χ4n) is 1.83. The van der Waals surface area contributed by atoms with E-state index < -0.39 is 11.9 Å². The van der Waals surface area contributed by atoms with E-state index in [1.54, 1.807) is 25.1 Å². The summed E-state index contributed by atoms with van der Waals surface area (Å²) in [6.07, 6.45) is 0.201. The zero-order chi connectivity index (χ0) is 14.1. The van der Waals surface area contributed by atoms with Crippen molar-refractivity contribution < 1.29 is 23.8 Å². The smallest absolute Gasteiger partial charge is 0.306 e. The minimum absolute atomic E-state index is 0.198. The van der Waals surface area contributed by atoms with E-state index in [0.717, 1.165) is 0 Å². The molecule has 1 aliphatic rings. The van der Waals surface area contributed by atoms with Gasteiger partial charge in [0, 0.05) is 12.0 Å². The summed E-state index contributed by atoms with van der Waals surface area (Å²) in [7, 11) is 0. The number of hydrogen-bond acceptors (Lipinski definition) is 6. The summed E-state index contributed by atoms with van der Waals surface area (Å²) in [4.78, 5) is 10.8. The number of carboxylic acids is 1. The Balaban J connectivity index is 1.81. The van der Waals surface area contributed by atoms with E-state index in [1.807, 2.05) is 0 Å². The van der Waals surface area contributed by atoms with Crippen LogP contribution in [0.1, 0.15) is 12.8 Å². The number of hydrogen-bond donors (Lipinski definition) is 1. The van der Waals surface area contributed by atoms with Crippen LogP contribution < -0.4 is 9.47 Å². The first-order chi connectivity index (χ1) is 9.63. The second-order valence-electron chi connectivity index (χ2n) is 4.51. The molecule has 0 radical (unpaired) electrons. The highest BCUT2D eigenvalue weighted by Crippen LogP contribution is 2.35. The summed E-state index contributed by atoms with van der Waals surface area (Å²) in [5, 5.41) is 16.6. The van der Waals surface area contributed by atoms with Crippen LogP contribution in [0.4, 0.5) is 0 Å². The lowest BCUT2D eigenvalue weighted by Gasteiger charge is -2.00. The van der Waals surface area contributed by atoms with E-state index in [2.05, 4.69) is 10.2 Å². The summed E-state index contributed by atoms with van der Waals surface area (Å²) >= 11 is 0. The van der Waals surface area contributed by atoms with Gasteiger partial charge in [0.2, 0.25) is 18.6 Å². The van der Waals surface area contributed by atoms with E-state index in [1.165, 1.54) is 0 Å². The molecular formula is C13H12N2O5. The fourth-order valence-corrected chi connectivity index (χ4v) is 1.83. The molecule has 7 heteroatoms. The molecule has 0 fully saturated rings. The quantitative estimate of drug-likeness (QED) is 0.908. The van der Waals surface area contributed by atoms with Gasteiger partial charge in [0.25, 0.3) is 0 Å². The van der Waals surface area contributed by atoms with Gasteiger partial charge < -0.3 is 19.0 Å². The molecule has 7 nitrogen and oxygen atoms in total. The molecule has 2 heterocycles. The predicted molar refractivity (Wildman–Crippen MR) is 66.4 cm³/mol. The third-order valence-corrected chi connectivity index (χ3v) is 2.99. The Morgan fingerprint density at radius 3 is 2.95 bits per heavy atom. The molecule has 0 bridgehead atoms. The first kappa shape index (κ1) is 12.5. The summed E-state index contributed by atoms with van der Waals surface area (Å²) in [6.45, 7) is 1.79. The lowest BCUT2D eigenvalue weighted by molar-refractivity contribution is -0.141.